The molecule has 0 aromatic carbocycles. The van der Waals surface area contributed by atoms with Gasteiger partial charge in [-0.2, -0.15) is 10.5 Å². The summed E-state index contributed by atoms with van der Waals surface area (Å²) in [7, 11) is 0. The van der Waals surface area contributed by atoms with Crippen LogP contribution in [0, 0.1) is 22.7 Å². The van der Waals surface area contributed by atoms with Crippen molar-refractivity contribution in [3.05, 3.63) is 22.9 Å². The van der Waals surface area contributed by atoms with E-state index in [1.54, 1.807) is 10.9 Å². The van der Waals surface area contributed by atoms with Crippen LogP contribution in [0.15, 0.2) is 15.7 Å². The van der Waals surface area contributed by atoms with Crippen LogP contribution in [-0.2, 0) is 4.79 Å². The number of carbonyl (C=O) groups is 1. The first-order chi connectivity index (χ1) is 12.8. The van der Waals surface area contributed by atoms with E-state index in [1.807, 2.05) is 33.8 Å². The standard InChI is InChI=1S/C17H19N7O2S/c1-9(2)15-11(5-18)16(20)22-17(12(15)6-19)27-8-13(25)21-14-7-24(10(3)4)23-26-14/h7,9-10H,8H2,1-4H3,(H2-,20,21,22,23,25)/p+1. The lowest BCUT2D eigenvalue weighted by atomic mass is 9.94. The molecule has 0 fully saturated rings. The Morgan fingerprint density at radius 3 is 2.52 bits per heavy atom. The fourth-order valence-electron chi connectivity index (χ4n) is 2.37. The number of nitrogen functional groups attached to an aromatic ring is 1. The van der Waals surface area contributed by atoms with Crippen LogP contribution < -0.4 is 15.7 Å². The van der Waals surface area contributed by atoms with Gasteiger partial charge in [0.1, 0.15) is 23.0 Å². The van der Waals surface area contributed by atoms with E-state index >= 15 is 0 Å². The van der Waals surface area contributed by atoms with Crippen LogP contribution in [0.5, 0.6) is 0 Å². The van der Waals surface area contributed by atoms with Crippen molar-refractivity contribution >= 4 is 29.4 Å². The van der Waals surface area contributed by atoms with Gasteiger partial charge < -0.3 is 5.73 Å². The van der Waals surface area contributed by atoms with E-state index in [9.17, 15) is 15.3 Å². The molecule has 0 aliphatic heterocycles. The summed E-state index contributed by atoms with van der Waals surface area (Å²) in [6.45, 7) is 7.60. The van der Waals surface area contributed by atoms with E-state index in [4.69, 9.17) is 10.3 Å². The minimum absolute atomic E-state index is 0.00701. The lowest BCUT2D eigenvalue weighted by Gasteiger charge is -2.14. The van der Waals surface area contributed by atoms with Crippen LogP contribution in [0.2, 0.25) is 0 Å². The molecule has 2 aromatic rings. The van der Waals surface area contributed by atoms with E-state index in [-0.39, 0.29) is 46.4 Å². The zero-order valence-corrected chi connectivity index (χ0v) is 16.3. The molecule has 0 radical (unpaired) electrons. The number of thioether (sulfide) groups is 1. The van der Waals surface area contributed by atoms with Gasteiger partial charge in [-0.15, -0.1) is 0 Å². The first-order valence-corrected chi connectivity index (χ1v) is 9.21. The molecule has 0 aliphatic carbocycles. The van der Waals surface area contributed by atoms with Gasteiger partial charge in [0, 0.05) is 0 Å². The van der Waals surface area contributed by atoms with E-state index in [2.05, 4.69) is 21.6 Å². The molecule has 2 aromatic heterocycles. The molecule has 2 heterocycles. The van der Waals surface area contributed by atoms with Crippen molar-refractivity contribution < 1.29 is 14.0 Å². The summed E-state index contributed by atoms with van der Waals surface area (Å²) in [5.74, 6) is -0.158. The molecule has 3 N–H and O–H groups in total. The van der Waals surface area contributed by atoms with E-state index in [1.165, 1.54) is 0 Å². The van der Waals surface area contributed by atoms with Gasteiger partial charge in [-0.25, -0.2) is 4.98 Å². The Morgan fingerprint density at radius 1 is 1.33 bits per heavy atom. The Bertz CT molecular complexity index is 938. The number of anilines is 2. The maximum atomic E-state index is 12.2. The summed E-state index contributed by atoms with van der Waals surface area (Å²) in [4.78, 5) is 16.3. The molecule has 0 saturated heterocycles. The van der Waals surface area contributed by atoms with E-state index in [0.717, 1.165) is 11.8 Å². The number of nitriles is 2. The van der Waals surface area contributed by atoms with Crippen molar-refractivity contribution in [1.29, 1.82) is 10.5 Å². The first-order valence-electron chi connectivity index (χ1n) is 8.22. The SMILES string of the molecule is CC(C)c1c(C#N)c(N)nc(SCC(=O)Nc2c[n+](C(C)C)no2)c1C#N. The van der Waals surface area contributed by atoms with Gasteiger partial charge in [-0.05, 0) is 30.0 Å². The van der Waals surface area contributed by atoms with Crippen molar-refractivity contribution in [3.8, 4) is 12.1 Å². The van der Waals surface area contributed by atoms with Gasteiger partial charge in [0.15, 0.2) is 6.04 Å². The summed E-state index contributed by atoms with van der Waals surface area (Å²) in [5.41, 5.74) is 6.89. The predicted molar refractivity (Wildman–Crippen MR) is 98.6 cm³/mol. The van der Waals surface area contributed by atoms with Gasteiger partial charge >= 0.3 is 5.88 Å². The quantitative estimate of drug-likeness (QED) is 0.567. The number of pyridine rings is 1. The zero-order valence-electron chi connectivity index (χ0n) is 15.5. The Balaban J connectivity index is 2.18. The van der Waals surface area contributed by atoms with Crippen LogP contribution in [-0.4, -0.2) is 21.9 Å². The maximum Gasteiger partial charge on any atom is 0.302 e. The lowest BCUT2D eigenvalue weighted by molar-refractivity contribution is -0.779. The van der Waals surface area contributed by atoms with Gasteiger partial charge in [0.05, 0.1) is 16.9 Å². The summed E-state index contributed by atoms with van der Waals surface area (Å²) in [6, 6.07) is 4.19. The third kappa shape index (κ3) is 4.54. The third-order valence-corrected chi connectivity index (χ3v) is 4.62. The van der Waals surface area contributed by atoms with E-state index < -0.39 is 0 Å². The highest BCUT2D eigenvalue weighted by Crippen LogP contribution is 2.32. The molecule has 0 saturated carbocycles. The van der Waals surface area contributed by atoms with Crippen molar-refractivity contribution in [2.45, 2.75) is 44.7 Å². The van der Waals surface area contributed by atoms with Crippen molar-refractivity contribution in [2.75, 3.05) is 16.8 Å². The highest BCUT2D eigenvalue weighted by Gasteiger charge is 2.22. The number of rotatable bonds is 6. The molecule has 0 unspecified atom stereocenters. The van der Waals surface area contributed by atoms with Crippen molar-refractivity contribution in [1.82, 2.24) is 10.3 Å². The largest absolute Gasteiger partial charge is 0.383 e. The molecule has 10 heteroatoms. The fraction of sp³-hybridized carbons (Fsp3) is 0.412. The van der Waals surface area contributed by atoms with Crippen LogP contribution in [0.25, 0.3) is 0 Å². The van der Waals surface area contributed by atoms with Gasteiger partial charge in [-0.3, -0.25) is 14.6 Å². The average Bonchev–Trinajstić information content (AvgIpc) is 3.07. The van der Waals surface area contributed by atoms with Crippen molar-refractivity contribution in [2.24, 2.45) is 0 Å². The van der Waals surface area contributed by atoms with E-state index in [0.29, 0.717) is 10.6 Å². The van der Waals surface area contributed by atoms with Gasteiger partial charge in [-0.1, -0.05) is 25.6 Å². The number of nitrogens with one attached hydrogen (secondary N) is 1. The molecule has 2 rings (SSSR count). The normalized spacial score (nSPS) is 10.7. The molecule has 27 heavy (non-hydrogen) atoms. The zero-order chi connectivity index (χ0) is 20.1. The average molecular weight is 386 g/mol. The summed E-state index contributed by atoms with van der Waals surface area (Å²) < 4.78 is 6.62. The van der Waals surface area contributed by atoms with Gasteiger partial charge in [0.2, 0.25) is 11.2 Å². The number of amides is 1. The Labute approximate surface area is 161 Å². The molecule has 1 amide bonds. The maximum absolute atomic E-state index is 12.2. The fourth-order valence-corrected chi connectivity index (χ4v) is 3.17. The molecule has 9 nitrogen and oxygen atoms in total. The second kappa shape index (κ2) is 8.52. The highest BCUT2D eigenvalue weighted by atomic mass is 32.2. The number of nitrogens with two attached hydrogens (primary N) is 1. The number of hydrogen-bond acceptors (Lipinski definition) is 8. The van der Waals surface area contributed by atoms with Crippen LogP contribution in [0.3, 0.4) is 0 Å². The number of hydrogen-bond donors (Lipinski definition) is 2. The lowest BCUT2D eigenvalue weighted by Crippen LogP contribution is -2.36. The monoisotopic (exact) mass is 386 g/mol. The summed E-state index contributed by atoms with van der Waals surface area (Å²) >= 11 is 1.07. The minimum Gasteiger partial charge on any atom is -0.383 e. The second-order valence-corrected chi connectivity index (χ2v) is 7.29. The minimum atomic E-state index is -0.341. The Morgan fingerprint density at radius 2 is 2.00 bits per heavy atom. The first kappa shape index (κ1) is 20.2. The smallest absolute Gasteiger partial charge is 0.302 e. The molecule has 0 atom stereocenters. The molecule has 140 valence electrons. The number of nitrogens with zero attached hydrogens (tertiary/aromatic N) is 5. The number of carbonyl (C=O) groups excluding carboxylic acids is 1. The molecular weight excluding hydrogens is 366 g/mol. The number of aromatic nitrogens is 3. The second-order valence-electron chi connectivity index (χ2n) is 6.32. The van der Waals surface area contributed by atoms with Crippen LogP contribution in [0.4, 0.5) is 11.7 Å². The molecule has 0 aliphatic rings. The highest BCUT2D eigenvalue weighted by molar-refractivity contribution is 8.00. The summed E-state index contributed by atoms with van der Waals surface area (Å²) in [6.07, 6.45) is 1.59. The molecular formula is C17H20N7O2S+. The van der Waals surface area contributed by atoms with Crippen molar-refractivity contribution in [3.63, 3.8) is 0 Å². The molecule has 0 bridgehead atoms. The molecule has 0 spiro atoms. The third-order valence-electron chi connectivity index (χ3n) is 3.65. The summed E-state index contributed by atoms with van der Waals surface area (Å²) in [5, 5.41) is 25.6. The predicted octanol–water partition coefficient (Wildman–Crippen LogP) is 2.12. The topological polar surface area (TPSA) is 146 Å². The Kier molecular flexibility index (Phi) is 6.37. The van der Waals surface area contributed by atoms with Crippen LogP contribution >= 0.6 is 11.8 Å². The Hall–Kier alpha value is -3.11. The van der Waals surface area contributed by atoms with Crippen LogP contribution in [0.1, 0.15) is 56.3 Å². The van der Waals surface area contributed by atoms with Gasteiger partial charge in [0.25, 0.3) is 6.20 Å².